The zero-order chi connectivity index (χ0) is 13.8. The van der Waals surface area contributed by atoms with Gasteiger partial charge in [0.1, 0.15) is 0 Å². The third-order valence-corrected chi connectivity index (χ3v) is 3.16. The van der Waals surface area contributed by atoms with Gasteiger partial charge in [-0.3, -0.25) is 0 Å². The molecule has 1 aliphatic heterocycles. The summed E-state index contributed by atoms with van der Waals surface area (Å²) in [7, 11) is 0. The van der Waals surface area contributed by atoms with E-state index in [4.69, 9.17) is 14.8 Å². The van der Waals surface area contributed by atoms with E-state index in [1.807, 2.05) is 32.0 Å². The van der Waals surface area contributed by atoms with Crippen LogP contribution in [0.5, 0.6) is 0 Å². The number of hydrogen-bond acceptors (Lipinski definition) is 4. The molecule has 0 fully saturated rings. The van der Waals surface area contributed by atoms with Crippen LogP contribution in [-0.2, 0) is 9.57 Å². The van der Waals surface area contributed by atoms with Gasteiger partial charge in [0.25, 0.3) is 0 Å². The van der Waals surface area contributed by atoms with Gasteiger partial charge < -0.3 is 9.57 Å². The van der Waals surface area contributed by atoms with Crippen molar-refractivity contribution < 1.29 is 9.57 Å². The highest BCUT2D eigenvalue weighted by Crippen LogP contribution is 2.24. The van der Waals surface area contributed by atoms with Crippen molar-refractivity contribution in [3.05, 3.63) is 35.4 Å². The average Bonchev–Trinajstić information content (AvgIpc) is 2.78. The second-order valence-electron chi connectivity index (χ2n) is 4.98. The molecule has 0 radical (unpaired) electrons. The Morgan fingerprint density at radius 1 is 1.47 bits per heavy atom. The van der Waals surface area contributed by atoms with Crippen molar-refractivity contribution in [3.63, 3.8) is 0 Å². The van der Waals surface area contributed by atoms with Gasteiger partial charge in [0.15, 0.2) is 6.10 Å². The van der Waals surface area contributed by atoms with Crippen molar-refractivity contribution in [2.45, 2.75) is 33.0 Å². The van der Waals surface area contributed by atoms with Crippen LogP contribution >= 0.6 is 0 Å². The van der Waals surface area contributed by atoms with E-state index in [1.54, 1.807) is 6.07 Å². The van der Waals surface area contributed by atoms with Crippen LogP contribution in [0.2, 0.25) is 0 Å². The van der Waals surface area contributed by atoms with E-state index >= 15 is 0 Å². The van der Waals surface area contributed by atoms with Crippen LogP contribution in [0.15, 0.2) is 29.4 Å². The lowest BCUT2D eigenvalue weighted by Crippen LogP contribution is -2.27. The smallest absolute Gasteiger partial charge is 0.158 e. The van der Waals surface area contributed by atoms with Gasteiger partial charge in [-0.15, -0.1) is 0 Å². The van der Waals surface area contributed by atoms with E-state index in [2.05, 4.69) is 18.1 Å². The Balaban J connectivity index is 2.08. The molecule has 2 atom stereocenters. The second kappa shape index (κ2) is 5.85. The van der Waals surface area contributed by atoms with Crippen LogP contribution < -0.4 is 0 Å². The number of hydrogen-bond donors (Lipinski definition) is 0. The molecule has 1 aromatic carbocycles. The molecule has 1 aromatic rings. The zero-order valence-electron chi connectivity index (χ0n) is 11.5. The Morgan fingerprint density at radius 2 is 2.26 bits per heavy atom. The molecule has 4 nitrogen and oxygen atoms in total. The van der Waals surface area contributed by atoms with Gasteiger partial charge in [0.05, 0.1) is 30.1 Å². The molecule has 2 rings (SSSR count). The number of ether oxygens (including phenoxy) is 1. The van der Waals surface area contributed by atoms with E-state index in [1.165, 1.54) is 0 Å². The Labute approximate surface area is 113 Å². The molecule has 1 heterocycles. The first-order valence-corrected chi connectivity index (χ1v) is 6.47. The topological polar surface area (TPSA) is 54.6 Å². The maximum atomic E-state index is 8.93. The molecular weight excluding hydrogens is 240 g/mol. The van der Waals surface area contributed by atoms with Crippen molar-refractivity contribution in [1.82, 2.24) is 0 Å². The summed E-state index contributed by atoms with van der Waals surface area (Å²) in [4.78, 5) is 5.44. The number of nitriles is 1. The molecule has 19 heavy (non-hydrogen) atoms. The molecule has 0 aromatic heterocycles. The highest BCUT2D eigenvalue weighted by molar-refractivity contribution is 6.03. The fourth-order valence-corrected chi connectivity index (χ4v) is 2.00. The van der Waals surface area contributed by atoms with Crippen molar-refractivity contribution in [3.8, 4) is 6.07 Å². The van der Waals surface area contributed by atoms with Crippen molar-refractivity contribution in [2.24, 2.45) is 11.1 Å². The Kier molecular flexibility index (Phi) is 4.18. The maximum Gasteiger partial charge on any atom is 0.158 e. The fraction of sp³-hybridized carbons (Fsp3) is 0.467. The van der Waals surface area contributed by atoms with Gasteiger partial charge in [-0.25, -0.2) is 0 Å². The number of oxime groups is 1. The van der Waals surface area contributed by atoms with Crippen LogP contribution in [0.3, 0.4) is 0 Å². The lowest BCUT2D eigenvalue weighted by Gasteiger charge is -2.16. The van der Waals surface area contributed by atoms with Gasteiger partial charge in [0.2, 0.25) is 0 Å². The number of rotatable bonds is 4. The molecule has 100 valence electrons. The summed E-state index contributed by atoms with van der Waals surface area (Å²) in [6, 6.07) is 9.57. The van der Waals surface area contributed by atoms with Gasteiger partial charge in [-0.2, -0.15) is 5.26 Å². The first-order chi connectivity index (χ1) is 9.11. The van der Waals surface area contributed by atoms with Crippen LogP contribution in [0.25, 0.3) is 0 Å². The molecule has 4 heteroatoms. The molecule has 0 saturated heterocycles. The van der Waals surface area contributed by atoms with Gasteiger partial charge in [0, 0.05) is 11.5 Å². The van der Waals surface area contributed by atoms with E-state index < -0.39 is 0 Å². The predicted molar refractivity (Wildman–Crippen MR) is 72.8 cm³/mol. The molecule has 0 bridgehead atoms. The van der Waals surface area contributed by atoms with Gasteiger partial charge in [-0.1, -0.05) is 24.2 Å². The first kappa shape index (κ1) is 13.6. The van der Waals surface area contributed by atoms with Crippen molar-refractivity contribution in [2.75, 3.05) is 6.61 Å². The monoisotopic (exact) mass is 258 g/mol. The second-order valence-corrected chi connectivity index (χ2v) is 4.98. The fourth-order valence-electron chi connectivity index (χ4n) is 2.00. The van der Waals surface area contributed by atoms with Crippen LogP contribution in [0, 0.1) is 17.2 Å². The number of benzene rings is 1. The van der Waals surface area contributed by atoms with E-state index in [-0.39, 0.29) is 18.1 Å². The van der Waals surface area contributed by atoms with Crippen LogP contribution in [0.1, 0.15) is 31.9 Å². The summed E-state index contributed by atoms with van der Waals surface area (Å²) in [6.07, 6.45) is 0.130. The quantitative estimate of drug-likeness (QED) is 0.834. The molecule has 1 aliphatic rings. The Hall–Kier alpha value is -1.86. The van der Waals surface area contributed by atoms with Crippen molar-refractivity contribution >= 4 is 5.71 Å². The zero-order valence-corrected chi connectivity index (χ0v) is 11.5. The SMILES string of the molecule is CC(C)OCC1ON=C(c2cccc(C#N)c2)C1C. The molecule has 0 amide bonds. The van der Waals surface area contributed by atoms with Crippen molar-refractivity contribution in [1.29, 1.82) is 5.26 Å². The first-order valence-electron chi connectivity index (χ1n) is 6.47. The summed E-state index contributed by atoms with van der Waals surface area (Å²) < 4.78 is 5.57. The van der Waals surface area contributed by atoms with E-state index in [0.717, 1.165) is 11.3 Å². The third kappa shape index (κ3) is 3.12. The highest BCUT2D eigenvalue weighted by Gasteiger charge is 2.31. The van der Waals surface area contributed by atoms with Crippen LogP contribution in [0.4, 0.5) is 0 Å². The lowest BCUT2D eigenvalue weighted by atomic mass is 9.94. The summed E-state index contributed by atoms with van der Waals surface area (Å²) in [5.41, 5.74) is 2.46. The van der Waals surface area contributed by atoms with Gasteiger partial charge >= 0.3 is 0 Å². The molecule has 0 saturated carbocycles. The van der Waals surface area contributed by atoms with E-state index in [0.29, 0.717) is 12.2 Å². The summed E-state index contributed by atoms with van der Waals surface area (Å²) >= 11 is 0. The number of nitrogens with zero attached hydrogens (tertiary/aromatic N) is 2. The van der Waals surface area contributed by atoms with Gasteiger partial charge in [-0.05, 0) is 26.0 Å². The average molecular weight is 258 g/mol. The maximum absolute atomic E-state index is 8.93. The normalized spacial score (nSPS) is 21.9. The predicted octanol–water partition coefficient (Wildman–Crippen LogP) is 2.72. The Bertz CT molecular complexity index is 517. The summed E-state index contributed by atoms with van der Waals surface area (Å²) in [5, 5.41) is 13.1. The molecular formula is C15H18N2O2. The summed E-state index contributed by atoms with van der Waals surface area (Å²) in [6.45, 7) is 6.60. The molecule has 2 unspecified atom stereocenters. The highest BCUT2D eigenvalue weighted by atomic mass is 16.7. The van der Waals surface area contributed by atoms with Crippen LogP contribution in [-0.4, -0.2) is 24.5 Å². The molecule has 0 N–H and O–H groups in total. The summed E-state index contributed by atoms with van der Waals surface area (Å²) in [5.74, 6) is 0.160. The minimum Gasteiger partial charge on any atom is -0.389 e. The largest absolute Gasteiger partial charge is 0.389 e. The standard InChI is InChI=1S/C15H18N2O2/c1-10(2)18-9-14-11(3)15(17-19-14)13-6-4-5-12(7-13)8-16/h4-7,10-11,14H,9H2,1-3H3. The third-order valence-electron chi connectivity index (χ3n) is 3.16. The van der Waals surface area contributed by atoms with E-state index in [9.17, 15) is 0 Å². The lowest BCUT2D eigenvalue weighted by molar-refractivity contribution is -0.0313. The molecule has 0 aliphatic carbocycles. The minimum atomic E-state index is -0.0526. The Morgan fingerprint density at radius 3 is 2.95 bits per heavy atom. The minimum absolute atomic E-state index is 0.0526. The molecule has 0 spiro atoms.